The van der Waals surface area contributed by atoms with Crippen molar-refractivity contribution in [1.82, 2.24) is 9.97 Å². The Bertz CT molecular complexity index is 384. The smallest absolute Gasteiger partial charge is 0.222 e. The van der Waals surface area contributed by atoms with Crippen molar-refractivity contribution < 1.29 is 4.74 Å². The van der Waals surface area contributed by atoms with Crippen LogP contribution < -0.4 is 16.4 Å². The molecule has 0 bridgehead atoms. The predicted octanol–water partition coefficient (Wildman–Crippen LogP) is 0.133. The summed E-state index contributed by atoms with van der Waals surface area (Å²) in [6, 6.07) is 2.13. The molecule has 2 heterocycles. The summed E-state index contributed by atoms with van der Waals surface area (Å²) in [4.78, 5) is 10.5. The molecule has 0 amide bonds. The van der Waals surface area contributed by atoms with Gasteiger partial charge in [-0.25, -0.2) is 4.98 Å². The molecule has 1 aromatic heterocycles. The van der Waals surface area contributed by atoms with Crippen LogP contribution in [0.1, 0.15) is 18.5 Å². The largest absolute Gasteiger partial charge is 0.378 e. The number of methoxy groups -OCH3 is 1. The van der Waals surface area contributed by atoms with Crippen LogP contribution in [0.15, 0.2) is 6.07 Å². The highest BCUT2D eigenvalue weighted by Gasteiger charge is 2.18. The fraction of sp³-hybridized carbons (Fsp3) is 0.636. The molecule has 0 saturated carbocycles. The normalized spacial score (nSPS) is 20.6. The molecule has 2 rings (SSSR count). The van der Waals surface area contributed by atoms with Crippen LogP contribution >= 0.6 is 0 Å². The van der Waals surface area contributed by atoms with Gasteiger partial charge >= 0.3 is 0 Å². The lowest BCUT2D eigenvalue weighted by molar-refractivity contribution is 0.181. The zero-order valence-electron chi connectivity index (χ0n) is 10.1. The highest BCUT2D eigenvalue weighted by atomic mass is 16.5. The fourth-order valence-electron chi connectivity index (χ4n) is 2.10. The molecule has 1 aliphatic heterocycles. The topological polar surface area (TPSA) is 90.3 Å². The number of rotatable bonds is 3. The molecule has 1 saturated heterocycles. The van der Waals surface area contributed by atoms with Gasteiger partial charge in [0.2, 0.25) is 5.95 Å². The fourth-order valence-corrected chi connectivity index (χ4v) is 2.10. The second kappa shape index (κ2) is 5.29. The summed E-state index contributed by atoms with van der Waals surface area (Å²) in [5.74, 6) is 1.13. The minimum absolute atomic E-state index is 0.214. The monoisotopic (exact) mass is 237 g/mol. The number of hydrogen-bond acceptors (Lipinski definition) is 6. The Labute approximate surface area is 101 Å². The summed E-state index contributed by atoms with van der Waals surface area (Å²) in [6.45, 7) is 2.24. The maximum absolute atomic E-state index is 5.96. The van der Waals surface area contributed by atoms with Crippen LogP contribution in [0.25, 0.3) is 0 Å². The first kappa shape index (κ1) is 12.1. The Kier molecular flexibility index (Phi) is 3.75. The van der Waals surface area contributed by atoms with Crippen LogP contribution in [0.2, 0.25) is 0 Å². The van der Waals surface area contributed by atoms with Gasteiger partial charge in [0.15, 0.2) is 0 Å². The van der Waals surface area contributed by atoms with Crippen LogP contribution in [0.3, 0.4) is 0 Å². The number of nitrogen functional groups attached to an aromatic ring is 1. The van der Waals surface area contributed by atoms with Crippen LogP contribution in [0.4, 0.5) is 11.8 Å². The van der Waals surface area contributed by atoms with Crippen molar-refractivity contribution in [3.8, 4) is 0 Å². The Morgan fingerprint density at radius 2 is 2.35 bits per heavy atom. The van der Waals surface area contributed by atoms with Gasteiger partial charge in [0, 0.05) is 32.3 Å². The van der Waals surface area contributed by atoms with Crippen molar-refractivity contribution >= 4 is 11.8 Å². The molecule has 1 atom stereocenters. The standard InChI is InChI=1S/C11H19N5O/c1-17-7-9-5-10(15-11(13)14-9)16-4-2-3-8(12)6-16/h5,8H,2-4,6-7,12H2,1H3,(H2,13,14,15)/t8-/m0/s1. The van der Waals surface area contributed by atoms with E-state index < -0.39 is 0 Å². The summed E-state index contributed by atoms with van der Waals surface area (Å²) < 4.78 is 5.06. The summed E-state index contributed by atoms with van der Waals surface area (Å²) in [7, 11) is 1.63. The van der Waals surface area contributed by atoms with E-state index in [1.165, 1.54) is 0 Å². The number of aromatic nitrogens is 2. The van der Waals surface area contributed by atoms with Crippen LogP contribution in [0.5, 0.6) is 0 Å². The zero-order chi connectivity index (χ0) is 12.3. The molecule has 0 unspecified atom stereocenters. The maximum Gasteiger partial charge on any atom is 0.222 e. The van der Waals surface area contributed by atoms with E-state index in [4.69, 9.17) is 16.2 Å². The zero-order valence-corrected chi connectivity index (χ0v) is 10.1. The van der Waals surface area contributed by atoms with Crippen molar-refractivity contribution in [3.05, 3.63) is 11.8 Å². The van der Waals surface area contributed by atoms with E-state index in [0.29, 0.717) is 6.61 Å². The maximum atomic E-state index is 5.96. The average Bonchev–Trinajstić information content (AvgIpc) is 2.28. The van der Waals surface area contributed by atoms with Crippen LogP contribution in [0, 0.1) is 0 Å². The van der Waals surface area contributed by atoms with E-state index in [0.717, 1.165) is 37.4 Å². The lowest BCUT2D eigenvalue weighted by Crippen LogP contribution is -2.43. The molecule has 1 aromatic rings. The van der Waals surface area contributed by atoms with Crippen molar-refractivity contribution in [3.63, 3.8) is 0 Å². The molecule has 0 aromatic carbocycles. The van der Waals surface area contributed by atoms with Gasteiger partial charge in [-0.1, -0.05) is 0 Å². The number of anilines is 2. The minimum Gasteiger partial charge on any atom is -0.378 e. The molecule has 1 fully saturated rings. The van der Waals surface area contributed by atoms with E-state index in [1.807, 2.05) is 6.07 Å². The van der Waals surface area contributed by atoms with Gasteiger partial charge in [-0.3, -0.25) is 0 Å². The summed E-state index contributed by atoms with van der Waals surface area (Å²) >= 11 is 0. The van der Waals surface area contributed by atoms with Crippen LogP contribution in [-0.4, -0.2) is 36.2 Å². The van der Waals surface area contributed by atoms with E-state index in [9.17, 15) is 0 Å². The first-order valence-corrected chi connectivity index (χ1v) is 5.82. The number of nitrogens with two attached hydrogens (primary N) is 2. The molecule has 0 spiro atoms. The highest BCUT2D eigenvalue weighted by molar-refractivity contribution is 5.44. The third kappa shape index (κ3) is 3.04. The predicted molar refractivity (Wildman–Crippen MR) is 66.6 cm³/mol. The number of nitrogens with zero attached hydrogens (tertiary/aromatic N) is 3. The lowest BCUT2D eigenvalue weighted by atomic mass is 10.1. The second-order valence-electron chi connectivity index (χ2n) is 4.36. The Morgan fingerprint density at radius 3 is 3.06 bits per heavy atom. The first-order valence-electron chi connectivity index (χ1n) is 5.82. The minimum atomic E-state index is 0.214. The van der Waals surface area contributed by atoms with Crippen molar-refractivity contribution in [2.24, 2.45) is 5.73 Å². The first-order chi connectivity index (χ1) is 8.19. The third-order valence-electron chi connectivity index (χ3n) is 2.86. The average molecular weight is 237 g/mol. The molecule has 6 nitrogen and oxygen atoms in total. The van der Waals surface area contributed by atoms with E-state index >= 15 is 0 Å². The molecular weight excluding hydrogens is 218 g/mol. The van der Waals surface area contributed by atoms with Gasteiger partial charge in [-0.15, -0.1) is 0 Å². The summed E-state index contributed by atoms with van der Waals surface area (Å²) in [5, 5.41) is 0. The second-order valence-corrected chi connectivity index (χ2v) is 4.36. The summed E-state index contributed by atoms with van der Waals surface area (Å²) in [5.41, 5.74) is 12.5. The van der Waals surface area contributed by atoms with E-state index in [2.05, 4.69) is 14.9 Å². The molecule has 94 valence electrons. The molecule has 1 aliphatic rings. The van der Waals surface area contributed by atoms with Gasteiger partial charge in [0.1, 0.15) is 5.82 Å². The van der Waals surface area contributed by atoms with Gasteiger partial charge in [0.25, 0.3) is 0 Å². The van der Waals surface area contributed by atoms with Gasteiger partial charge in [-0.2, -0.15) is 4.98 Å². The quantitative estimate of drug-likeness (QED) is 0.776. The number of ether oxygens (including phenoxy) is 1. The summed E-state index contributed by atoms with van der Waals surface area (Å²) in [6.07, 6.45) is 2.16. The highest BCUT2D eigenvalue weighted by Crippen LogP contribution is 2.19. The van der Waals surface area contributed by atoms with Crippen molar-refractivity contribution in [1.29, 1.82) is 0 Å². The molecule has 4 N–H and O–H groups in total. The molecule has 0 aliphatic carbocycles. The van der Waals surface area contributed by atoms with E-state index in [1.54, 1.807) is 7.11 Å². The number of hydrogen-bond donors (Lipinski definition) is 2. The third-order valence-corrected chi connectivity index (χ3v) is 2.86. The van der Waals surface area contributed by atoms with Crippen LogP contribution in [-0.2, 0) is 11.3 Å². The number of piperidine rings is 1. The Morgan fingerprint density at radius 1 is 1.53 bits per heavy atom. The van der Waals surface area contributed by atoms with Gasteiger partial charge in [0.05, 0.1) is 12.3 Å². The lowest BCUT2D eigenvalue weighted by Gasteiger charge is -2.31. The molecule has 6 heteroatoms. The van der Waals surface area contributed by atoms with Crippen molar-refractivity contribution in [2.45, 2.75) is 25.5 Å². The molecule has 0 radical (unpaired) electrons. The Balaban J connectivity index is 2.18. The molecular formula is C11H19N5O. The van der Waals surface area contributed by atoms with Gasteiger partial charge < -0.3 is 21.1 Å². The van der Waals surface area contributed by atoms with Crippen molar-refractivity contribution in [2.75, 3.05) is 30.8 Å². The Hall–Kier alpha value is -1.40. The van der Waals surface area contributed by atoms with Gasteiger partial charge in [-0.05, 0) is 12.8 Å². The molecule has 17 heavy (non-hydrogen) atoms. The van der Waals surface area contributed by atoms with E-state index in [-0.39, 0.29) is 12.0 Å². The SMILES string of the molecule is COCc1cc(N2CCC[C@H](N)C2)nc(N)n1.